The third kappa shape index (κ3) is 3.82. The molecule has 0 spiro atoms. The summed E-state index contributed by atoms with van der Waals surface area (Å²) in [6.45, 7) is 5.88. The van der Waals surface area contributed by atoms with Crippen LogP contribution in [0, 0.1) is 13.8 Å². The molecule has 7 nitrogen and oxygen atoms in total. The second-order valence-electron chi connectivity index (χ2n) is 5.55. The zero-order valence-corrected chi connectivity index (χ0v) is 15.1. The number of benzene rings is 1. The number of anilines is 1. The molecule has 2 aromatic rings. The first-order valence-electron chi connectivity index (χ1n) is 7.67. The van der Waals surface area contributed by atoms with Gasteiger partial charge in [-0.1, -0.05) is 6.92 Å². The van der Waals surface area contributed by atoms with Crippen molar-refractivity contribution in [1.29, 1.82) is 0 Å². The van der Waals surface area contributed by atoms with Crippen LogP contribution in [-0.2, 0) is 17.1 Å². The first-order valence-corrected chi connectivity index (χ1v) is 9.16. The van der Waals surface area contributed by atoms with Gasteiger partial charge in [-0.05, 0) is 44.5 Å². The minimum Gasteiger partial charge on any atom is -0.322 e. The van der Waals surface area contributed by atoms with Crippen LogP contribution in [0.2, 0.25) is 0 Å². The molecule has 0 bridgehead atoms. The Hall–Kier alpha value is -2.19. The number of carbonyl (C=O) groups is 1. The molecule has 0 radical (unpaired) electrons. The monoisotopic (exact) mass is 350 g/mol. The summed E-state index contributed by atoms with van der Waals surface area (Å²) in [7, 11) is -1.73. The summed E-state index contributed by atoms with van der Waals surface area (Å²) in [4.78, 5) is 12.6. The molecule has 1 aromatic heterocycles. The highest BCUT2D eigenvalue weighted by atomic mass is 32.2. The molecule has 0 aliphatic rings. The Bertz CT molecular complexity index is 839. The number of carbonyl (C=O) groups excluding carboxylic acids is 1. The molecule has 1 heterocycles. The molecule has 0 saturated heterocycles. The molecule has 2 N–H and O–H groups in total. The molecule has 0 aliphatic carbocycles. The zero-order chi connectivity index (χ0) is 17.9. The van der Waals surface area contributed by atoms with Crippen molar-refractivity contribution in [3.8, 4) is 0 Å². The van der Waals surface area contributed by atoms with E-state index in [1.165, 1.54) is 12.1 Å². The van der Waals surface area contributed by atoms with Crippen LogP contribution in [0.5, 0.6) is 0 Å². The Morgan fingerprint density at radius 2 is 1.83 bits per heavy atom. The Labute approximate surface area is 142 Å². The summed E-state index contributed by atoms with van der Waals surface area (Å²) in [6, 6.07) is 6.08. The molecule has 0 unspecified atom stereocenters. The van der Waals surface area contributed by atoms with E-state index in [4.69, 9.17) is 0 Å². The third-order valence-corrected chi connectivity index (χ3v) is 5.18. The van der Waals surface area contributed by atoms with Gasteiger partial charge in [0.25, 0.3) is 5.91 Å². The molecular formula is C16H22N4O3S. The zero-order valence-electron chi connectivity index (χ0n) is 14.3. The first kappa shape index (κ1) is 18.2. The fourth-order valence-corrected chi connectivity index (χ4v) is 3.47. The van der Waals surface area contributed by atoms with Crippen LogP contribution >= 0.6 is 0 Å². The molecule has 1 aromatic carbocycles. The number of rotatable bonds is 6. The van der Waals surface area contributed by atoms with Gasteiger partial charge in [0, 0.05) is 25.0 Å². The van der Waals surface area contributed by atoms with Gasteiger partial charge in [0.1, 0.15) is 0 Å². The van der Waals surface area contributed by atoms with Crippen LogP contribution in [0.15, 0.2) is 29.2 Å². The van der Waals surface area contributed by atoms with Crippen molar-refractivity contribution < 1.29 is 13.2 Å². The maximum absolute atomic E-state index is 12.4. The number of hydrogen-bond acceptors (Lipinski definition) is 4. The Morgan fingerprint density at radius 1 is 1.21 bits per heavy atom. The average Bonchev–Trinajstić information content (AvgIpc) is 2.78. The lowest BCUT2D eigenvalue weighted by atomic mass is 10.2. The van der Waals surface area contributed by atoms with Gasteiger partial charge in [0.2, 0.25) is 10.0 Å². The van der Waals surface area contributed by atoms with Crippen molar-refractivity contribution in [2.24, 2.45) is 7.05 Å². The highest BCUT2D eigenvalue weighted by Crippen LogP contribution is 2.17. The molecule has 24 heavy (non-hydrogen) atoms. The highest BCUT2D eigenvalue weighted by Gasteiger charge is 2.18. The van der Waals surface area contributed by atoms with E-state index < -0.39 is 10.0 Å². The summed E-state index contributed by atoms with van der Waals surface area (Å²) in [6.07, 6.45) is 0.719. The predicted octanol–water partition coefficient (Wildman–Crippen LogP) is 1.98. The minimum absolute atomic E-state index is 0.169. The Morgan fingerprint density at radius 3 is 2.33 bits per heavy atom. The van der Waals surface area contributed by atoms with Crippen LogP contribution in [-0.4, -0.2) is 30.7 Å². The standard InChI is InChI=1S/C16H22N4O3S/c1-5-10-17-24(22,23)14-8-6-13(7-9-14)18-16(21)15-11(2)19-20(4)12(15)3/h6-9,17H,5,10H2,1-4H3,(H,18,21). The number of nitrogens with one attached hydrogen (secondary N) is 2. The van der Waals surface area contributed by atoms with E-state index in [1.807, 2.05) is 13.8 Å². The minimum atomic E-state index is -3.51. The molecule has 0 saturated carbocycles. The van der Waals surface area contributed by atoms with E-state index in [0.717, 1.165) is 12.1 Å². The van der Waals surface area contributed by atoms with Gasteiger partial charge >= 0.3 is 0 Å². The predicted molar refractivity (Wildman–Crippen MR) is 92.6 cm³/mol. The molecule has 0 atom stereocenters. The van der Waals surface area contributed by atoms with E-state index in [9.17, 15) is 13.2 Å². The highest BCUT2D eigenvalue weighted by molar-refractivity contribution is 7.89. The summed E-state index contributed by atoms with van der Waals surface area (Å²) < 4.78 is 28.2. The van der Waals surface area contributed by atoms with Crippen LogP contribution in [0.1, 0.15) is 35.1 Å². The lowest BCUT2D eigenvalue weighted by Crippen LogP contribution is -2.24. The average molecular weight is 350 g/mol. The topological polar surface area (TPSA) is 93.1 Å². The molecule has 0 fully saturated rings. The van der Waals surface area contributed by atoms with Gasteiger partial charge in [-0.15, -0.1) is 0 Å². The lowest BCUT2D eigenvalue weighted by molar-refractivity contribution is 0.102. The van der Waals surface area contributed by atoms with Crippen LogP contribution in [0.4, 0.5) is 5.69 Å². The Balaban J connectivity index is 2.16. The van der Waals surface area contributed by atoms with Gasteiger partial charge in [-0.25, -0.2) is 13.1 Å². The number of amides is 1. The fraction of sp³-hybridized carbons (Fsp3) is 0.375. The largest absolute Gasteiger partial charge is 0.322 e. The van der Waals surface area contributed by atoms with Crippen LogP contribution in [0.3, 0.4) is 0 Å². The quantitative estimate of drug-likeness (QED) is 0.833. The van der Waals surface area contributed by atoms with E-state index in [-0.39, 0.29) is 10.8 Å². The van der Waals surface area contributed by atoms with E-state index >= 15 is 0 Å². The summed E-state index contributed by atoms with van der Waals surface area (Å²) >= 11 is 0. The van der Waals surface area contributed by atoms with Gasteiger partial charge < -0.3 is 5.32 Å². The second-order valence-corrected chi connectivity index (χ2v) is 7.31. The number of aromatic nitrogens is 2. The maximum Gasteiger partial charge on any atom is 0.259 e. The van der Waals surface area contributed by atoms with Gasteiger partial charge in [-0.2, -0.15) is 5.10 Å². The summed E-state index contributed by atoms with van der Waals surface area (Å²) in [5.41, 5.74) is 2.47. The first-order chi connectivity index (χ1) is 11.3. The number of hydrogen-bond donors (Lipinski definition) is 2. The molecule has 130 valence electrons. The van der Waals surface area contributed by atoms with Gasteiger partial charge in [0.15, 0.2) is 0 Å². The van der Waals surface area contributed by atoms with Gasteiger partial charge in [-0.3, -0.25) is 9.48 Å². The Kier molecular flexibility index (Phi) is 5.40. The fourth-order valence-electron chi connectivity index (χ4n) is 2.33. The number of aryl methyl sites for hydroxylation is 2. The van der Waals surface area contributed by atoms with Crippen molar-refractivity contribution in [3.05, 3.63) is 41.2 Å². The molecule has 0 aliphatic heterocycles. The smallest absolute Gasteiger partial charge is 0.259 e. The van der Waals surface area contributed by atoms with Gasteiger partial charge in [0.05, 0.1) is 16.2 Å². The van der Waals surface area contributed by atoms with E-state index in [1.54, 1.807) is 30.8 Å². The molecule has 8 heteroatoms. The number of sulfonamides is 1. The molecule has 2 rings (SSSR count). The lowest BCUT2D eigenvalue weighted by Gasteiger charge is -2.08. The van der Waals surface area contributed by atoms with Crippen molar-refractivity contribution >= 4 is 21.6 Å². The SMILES string of the molecule is CCCNS(=O)(=O)c1ccc(NC(=O)c2c(C)nn(C)c2C)cc1. The van der Waals surface area contributed by atoms with Crippen molar-refractivity contribution in [3.63, 3.8) is 0 Å². The summed E-state index contributed by atoms with van der Waals surface area (Å²) in [5.74, 6) is -0.266. The maximum atomic E-state index is 12.4. The van der Waals surface area contributed by atoms with E-state index in [2.05, 4.69) is 15.1 Å². The molecule has 1 amide bonds. The van der Waals surface area contributed by atoms with Crippen molar-refractivity contribution in [2.45, 2.75) is 32.1 Å². The summed E-state index contributed by atoms with van der Waals surface area (Å²) in [5, 5.41) is 6.98. The normalized spacial score (nSPS) is 11.5. The number of nitrogens with zero attached hydrogens (tertiary/aromatic N) is 2. The molecular weight excluding hydrogens is 328 g/mol. The van der Waals surface area contributed by atoms with Crippen LogP contribution in [0.25, 0.3) is 0 Å². The van der Waals surface area contributed by atoms with Crippen molar-refractivity contribution in [2.75, 3.05) is 11.9 Å². The van der Waals surface area contributed by atoms with E-state index in [0.29, 0.717) is 23.5 Å². The van der Waals surface area contributed by atoms with Crippen molar-refractivity contribution in [1.82, 2.24) is 14.5 Å². The third-order valence-electron chi connectivity index (χ3n) is 3.70. The van der Waals surface area contributed by atoms with Crippen LogP contribution < -0.4 is 10.0 Å². The second kappa shape index (κ2) is 7.14.